The predicted molar refractivity (Wildman–Crippen MR) is 56.6 cm³/mol. The molecule has 0 spiro atoms. The molecular weight excluding hydrogens is 365 g/mol. The van der Waals surface area contributed by atoms with Crippen LogP contribution in [0.3, 0.4) is 0 Å². The van der Waals surface area contributed by atoms with Crippen LogP contribution in [0.15, 0.2) is 10.9 Å². The smallest absolute Gasteiger partial charge is 0.399 e. The Morgan fingerprint density at radius 1 is 1.50 bits per heavy atom. The van der Waals surface area contributed by atoms with Crippen molar-refractivity contribution in [2.24, 2.45) is 0 Å². The Balaban J connectivity index is 3.36. The lowest BCUT2D eigenvalue weighted by molar-refractivity contribution is -0.275. The van der Waals surface area contributed by atoms with Gasteiger partial charge < -0.3 is 9.72 Å². The van der Waals surface area contributed by atoms with E-state index in [0.29, 0.717) is 0 Å². The maximum atomic E-state index is 11.9. The third-order valence-corrected chi connectivity index (χ3v) is 2.14. The minimum atomic E-state index is -5.07. The molecule has 1 aromatic heterocycles. The van der Waals surface area contributed by atoms with Crippen LogP contribution in [-0.2, 0) is 0 Å². The van der Waals surface area contributed by atoms with E-state index in [-0.39, 0.29) is 3.70 Å². The zero-order valence-corrected chi connectivity index (χ0v) is 10.1. The summed E-state index contributed by atoms with van der Waals surface area (Å²) < 4.78 is 39.4. The van der Waals surface area contributed by atoms with Gasteiger partial charge in [0.1, 0.15) is 5.69 Å². The van der Waals surface area contributed by atoms with E-state index in [1.54, 1.807) is 22.6 Å². The van der Waals surface area contributed by atoms with Crippen LogP contribution in [0.4, 0.5) is 13.2 Å². The van der Waals surface area contributed by atoms with Gasteiger partial charge >= 0.3 is 6.36 Å². The lowest BCUT2D eigenvalue weighted by Crippen LogP contribution is -2.24. The molecular formula is C7H2ClF3INO3. The van der Waals surface area contributed by atoms with Crippen LogP contribution in [0.25, 0.3) is 0 Å². The summed E-state index contributed by atoms with van der Waals surface area (Å²) in [5, 5.41) is -1.24. The molecule has 88 valence electrons. The molecule has 0 radical (unpaired) electrons. The average molecular weight is 367 g/mol. The zero-order valence-electron chi connectivity index (χ0n) is 7.19. The van der Waals surface area contributed by atoms with Crippen molar-refractivity contribution in [1.82, 2.24) is 4.98 Å². The fourth-order valence-electron chi connectivity index (χ4n) is 0.872. The first-order valence-corrected chi connectivity index (χ1v) is 5.05. The molecule has 0 aromatic carbocycles. The van der Waals surface area contributed by atoms with Gasteiger partial charge in [-0.2, -0.15) is 0 Å². The number of pyridine rings is 1. The van der Waals surface area contributed by atoms with Gasteiger partial charge in [0.15, 0.2) is 0 Å². The maximum Gasteiger partial charge on any atom is 0.573 e. The van der Waals surface area contributed by atoms with E-state index in [2.05, 4.69) is 9.72 Å². The lowest BCUT2D eigenvalue weighted by Gasteiger charge is -2.10. The number of carbonyl (C=O) groups is 1. The summed E-state index contributed by atoms with van der Waals surface area (Å²) >= 11 is 6.64. The summed E-state index contributed by atoms with van der Waals surface area (Å²) in [6.07, 6.45) is -5.07. The largest absolute Gasteiger partial charge is 0.573 e. The van der Waals surface area contributed by atoms with E-state index in [4.69, 9.17) is 11.6 Å². The van der Waals surface area contributed by atoms with Crippen molar-refractivity contribution in [2.75, 3.05) is 0 Å². The number of H-pyrrole nitrogens is 1. The Labute approximate surface area is 105 Å². The van der Waals surface area contributed by atoms with Gasteiger partial charge in [0.05, 0.1) is 3.70 Å². The van der Waals surface area contributed by atoms with Crippen molar-refractivity contribution in [1.29, 1.82) is 0 Å². The highest BCUT2D eigenvalue weighted by atomic mass is 127. The monoisotopic (exact) mass is 367 g/mol. The lowest BCUT2D eigenvalue weighted by atomic mass is 10.3. The second kappa shape index (κ2) is 4.62. The van der Waals surface area contributed by atoms with Crippen molar-refractivity contribution in [2.45, 2.75) is 6.36 Å². The third kappa shape index (κ3) is 3.37. The summed E-state index contributed by atoms with van der Waals surface area (Å²) in [6, 6.07) is 0.852. The van der Waals surface area contributed by atoms with Crippen LogP contribution in [-0.4, -0.2) is 16.6 Å². The van der Waals surface area contributed by atoms with E-state index < -0.39 is 28.5 Å². The van der Waals surface area contributed by atoms with Crippen molar-refractivity contribution < 1.29 is 22.7 Å². The summed E-state index contributed by atoms with van der Waals surface area (Å²) in [6.45, 7) is 0. The van der Waals surface area contributed by atoms with Crippen molar-refractivity contribution in [3.63, 3.8) is 0 Å². The zero-order chi connectivity index (χ0) is 12.5. The van der Waals surface area contributed by atoms with Gasteiger partial charge in [-0.15, -0.1) is 13.2 Å². The molecule has 0 atom stereocenters. The molecule has 0 saturated carbocycles. The molecule has 9 heteroatoms. The van der Waals surface area contributed by atoms with Crippen molar-refractivity contribution in [3.8, 4) is 5.75 Å². The molecule has 0 amide bonds. The minimum absolute atomic E-state index is 0.168. The van der Waals surface area contributed by atoms with Gasteiger partial charge in [0.25, 0.3) is 5.24 Å². The molecule has 1 rings (SSSR count). The van der Waals surface area contributed by atoms with Crippen molar-refractivity contribution >= 4 is 39.4 Å². The maximum absolute atomic E-state index is 11.9. The van der Waals surface area contributed by atoms with Crippen LogP contribution in [0, 0.1) is 3.70 Å². The number of hydrogen-bond acceptors (Lipinski definition) is 3. The molecule has 1 heterocycles. The van der Waals surface area contributed by atoms with Crippen LogP contribution < -0.4 is 10.2 Å². The first-order chi connectivity index (χ1) is 7.20. The SMILES string of the molecule is O=C(Cl)c1[nH]c(I)cc(=O)c1OC(F)(F)F. The first kappa shape index (κ1) is 13.3. The van der Waals surface area contributed by atoms with Crippen LogP contribution >= 0.6 is 34.2 Å². The molecule has 0 fully saturated rings. The minimum Gasteiger partial charge on any atom is -0.399 e. The molecule has 1 N–H and O–H groups in total. The van der Waals surface area contributed by atoms with Gasteiger partial charge in [-0.3, -0.25) is 9.59 Å². The van der Waals surface area contributed by atoms with E-state index in [9.17, 15) is 22.8 Å². The van der Waals surface area contributed by atoms with E-state index in [1.165, 1.54) is 0 Å². The Kier molecular flexibility index (Phi) is 3.84. The number of hydrogen-bond donors (Lipinski definition) is 1. The molecule has 0 bridgehead atoms. The topological polar surface area (TPSA) is 59.2 Å². The Morgan fingerprint density at radius 2 is 2.06 bits per heavy atom. The van der Waals surface area contributed by atoms with Gasteiger partial charge in [-0.1, -0.05) is 0 Å². The highest BCUT2D eigenvalue weighted by molar-refractivity contribution is 14.1. The number of aromatic amines is 1. The molecule has 16 heavy (non-hydrogen) atoms. The normalized spacial score (nSPS) is 11.3. The predicted octanol–water partition coefficient (Wildman–Crippen LogP) is 2.26. The number of halogens is 5. The number of alkyl halides is 3. The first-order valence-electron chi connectivity index (χ1n) is 3.59. The standard InChI is InChI=1S/C7H2ClF3INO3/c8-6(15)4-5(16-7(9,10)11)2(14)1-3(12)13-4/h1H,(H,13,14). The van der Waals surface area contributed by atoms with E-state index in [0.717, 1.165) is 6.07 Å². The van der Waals surface area contributed by atoms with Gasteiger partial charge in [0, 0.05) is 6.07 Å². The molecule has 0 aliphatic rings. The molecule has 0 aliphatic carbocycles. The summed E-state index contributed by atoms with van der Waals surface area (Å²) in [5.41, 5.74) is -1.81. The van der Waals surface area contributed by atoms with Crippen LogP contribution in [0.1, 0.15) is 10.5 Å². The fourth-order valence-corrected chi connectivity index (χ4v) is 1.56. The van der Waals surface area contributed by atoms with Crippen molar-refractivity contribution in [3.05, 3.63) is 25.7 Å². The number of rotatable bonds is 2. The number of nitrogens with one attached hydrogen (secondary N) is 1. The number of carbonyl (C=O) groups excluding carboxylic acids is 1. The third-order valence-electron chi connectivity index (χ3n) is 1.37. The second-order valence-electron chi connectivity index (χ2n) is 2.51. The van der Waals surface area contributed by atoms with Gasteiger partial charge in [-0.25, -0.2) is 0 Å². The Hall–Kier alpha value is -0.770. The number of ether oxygens (including phenoxy) is 1. The van der Waals surface area contributed by atoms with Crippen LogP contribution in [0.5, 0.6) is 5.75 Å². The summed E-state index contributed by atoms with van der Waals surface area (Å²) in [4.78, 5) is 24.2. The Morgan fingerprint density at radius 3 is 2.50 bits per heavy atom. The number of aromatic nitrogens is 1. The quantitative estimate of drug-likeness (QED) is 0.496. The average Bonchev–Trinajstić information content (AvgIpc) is 2.07. The summed E-state index contributed by atoms with van der Waals surface area (Å²) in [5.74, 6) is -1.16. The van der Waals surface area contributed by atoms with Crippen LogP contribution in [0.2, 0.25) is 0 Å². The van der Waals surface area contributed by atoms with E-state index in [1.807, 2.05) is 0 Å². The molecule has 1 aromatic rings. The molecule has 0 aliphatic heterocycles. The highest BCUT2D eigenvalue weighted by Crippen LogP contribution is 2.23. The van der Waals surface area contributed by atoms with Gasteiger partial charge in [0.2, 0.25) is 11.2 Å². The molecule has 0 saturated heterocycles. The highest BCUT2D eigenvalue weighted by Gasteiger charge is 2.34. The molecule has 4 nitrogen and oxygen atoms in total. The van der Waals surface area contributed by atoms with E-state index >= 15 is 0 Å². The second-order valence-corrected chi connectivity index (χ2v) is 4.01. The summed E-state index contributed by atoms with van der Waals surface area (Å²) in [7, 11) is 0. The fraction of sp³-hybridized carbons (Fsp3) is 0.143. The molecule has 0 unspecified atom stereocenters. The Bertz CT molecular complexity index is 485. The van der Waals surface area contributed by atoms with Gasteiger partial charge in [-0.05, 0) is 34.2 Å².